The lowest BCUT2D eigenvalue weighted by Crippen LogP contribution is -2.33. The molecule has 1 N–H and O–H groups in total. The molecule has 2 aromatic rings. The largest absolute Gasteiger partial charge is 0.329 e. The molecule has 0 unspecified atom stereocenters. The number of thiazole rings is 1. The highest BCUT2D eigenvalue weighted by Crippen LogP contribution is 2.25. The van der Waals surface area contributed by atoms with E-state index in [-0.39, 0.29) is 5.56 Å². The maximum Gasteiger partial charge on any atom is 0.247 e. The van der Waals surface area contributed by atoms with Crippen LogP contribution in [0.25, 0.3) is 0 Å². The Kier molecular flexibility index (Phi) is 4.74. The van der Waals surface area contributed by atoms with Gasteiger partial charge in [-0.25, -0.2) is 4.98 Å². The van der Waals surface area contributed by atoms with Crippen LogP contribution in [0.5, 0.6) is 0 Å². The van der Waals surface area contributed by atoms with Crippen molar-refractivity contribution in [3.8, 4) is 0 Å². The van der Waals surface area contributed by atoms with Crippen LogP contribution in [0, 0.1) is 19.8 Å². The maximum absolute atomic E-state index is 11.1. The molecule has 2 aromatic heterocycles. The molecular formula is C17H23N3OS. The summed E-state index contributed by atoms with van der Waals surface area (Å²) in [5.74, 6) is 0.728. The highest BCUT2D eigenvalue weighted by Gasteiger charge is 2.20. The number of piperidine rings is 1. The van der Waals surface area contributed by atoms with E-state index in [2.05, 4.69) is 28.7 Å². The Bertz CT molecular complexity index is 663. The van der Waals surface area contributed by atoms with Gasteiger partial charge >= 0.3 is 0 Å². The second-order valence-electron chi connectivity index (χ2n) is 6.23. The monoisotopic (exact) mass is 317 g/mol. The molecule has 0 radical (unpaired) electrons. The predicted octanol–water partition coefficient (Wildman–Crippen LogP) is 2.90. The van der Waals surface area contributed by atoms with Gasteiger partial charge < -0.3 is 4.98 Å². The van der Waals surface area contributed by atoms with Crippen molar-refractivity contribution in [2.75, 3.05) is 13.1 Å². The number of hydrogen-bond donors (Lipinski definition) is 1. The molecule has 0 aromatic carbocycles. The number of rotatable bonds is 4. The molecule has 1 aliphatic rings. The third-order valence-electron chi connectivity index (χ3n) is 4.45. The van der Waals surface area contributed by atoms with Crippen LogP contribution >= 0.6 is 11.3 Å². The summed E-state index contributed by atoms with van der Waals surface area (Å²) in [5.41, 5.74) is 2.42. The standard InChI is InChI=1S/C17H23N3OS/c1-12-16(22-13(2)19-12)11-20-7-5-14(6-8-20)9-15-3-4-17(21)18-10-15/h3-4,10,14H,5-9,11H2,1-2H3,(H,18,21). The fourth-order valence-electron chi connectivity index (χ4n) is 3.18. The Balaban J connectivity index is 1.51. The second kappa shape index (κ2) is 6.75. The molecule has 0 saturated carbocycles. The van der Waals surface area contributed by atoms with Crippen LogP contribution in [0.3, 0.4) is 0 Å². The predicted molar refractivity (Wildman–Crippen MR) is 90.4 cm³/mol. The molecule has 0 bridgehead atoms. The molecule has 3 rings (SSSR count). The summed E-state index contributed by atoms with van der Waals surface area (Å²) >= 11 is 1.83. The van der Waals surface area contributed by atoms with Crippen molar-refractivity contribution in [2.24, 2.45) is 5.92 Å². The van der Waals surface area contributed by atoms with E-state index < -0.39 is 0 Å². The van der Waals surface area contributed by atoms with E-state index >= 15 is 0 Å². The summed E-state index contributed by atoms with van der Waals surface area (Å²) in [6.07, 6.45) is 5.40. The van der Waals surface area contributed by atoms with Crippen molar-refractivity contribution in [1.29, 1.82) is 0 Å². The summed E-state index contributed by atoms with van der Waals surface area (Å²) in [5, 5.41) is 1.17. The first kappa shape index (κ1) is 15.4. The molecule has 1 saturated heterocycles. The summed E-state index contributed by atoms with van der Waals surface area (Å²) in [6.45, 7) is 7.55. The quantitative estimate of drug-likeness (QED) is 0.943. The van der Waals surface area contributed by atoms with Crippen LogP contribution < -0.4 is 5.56 Å². The van der Waals surface area contributed by atoms with E-state index in [1.807, 2.05) is 23.6 Å². The van der Waals surface area contributed by atoms with Gasteiger partial charge in [0.1, 0.15) is 0 Å². The van der Waals surface area contributed by atoms with Crippen LogP contribution in [0.2, 0.25) is 0 Å². The molecule has 0 atom stereocenters. The molecule has 0 spiro atoms. The van der Waals surface area contributed by atoms with Gasteiger partial charge in [0.2, 0.25) is 5.56 Å². The first-order chi connectivity index (χ1) is 10.6. The van der Waals surface area contributed by atoms with Gasteiger partial charge in [-0.2, -0.15) is 0 Å². The summed E-state index contributed by atoms with van der Waals surface area (Å²) in [7, 11) is 0. The Morgan fingerprint density at radius 2 is 2.09 bits per heavy atom. The number of H-pyrrole nitrogens is 1. The number of pyridine rings is 1. The van der Waals surface area contributed by atoms with E-state index in [0.717, 1.165) is 32.0 Å². The van der Waals surface area contributed by atoms with E-state index in [1.165, 1.54) is 34.0 Å². The van der Waals surface area contributed by atoms with Crippen molar-refractivity contribution < 1.29 is 0 Å². The van der Waals surface area contributed by atoms with Crippen molar-refractivity contribution in [2.45, 2.75) is 39.7 Å². The number of nitrogens with one attached hydrogen (secondary N) is 1. The molecule has 0 amide bonds. The van der Waals surface area contributed by atoms with E-state index in [1.54, 1.807) is 6.07 Å². The SMILES string of the molecule is Cc1nc(C)c(CN2CCC(Cc3ccc(=O)[nH]c3)CC2)s1. The van der Waals surface area contributed by atoms with Gasteiger partial charge in [0.15, 0.2) is 0 Å². The van der Waals surface area contributed by atoms with Gasteiger partial charge in [-0.1, -0.05) is 6.07 Å². The zero-order chi connectivity index (χ0) is 15.5. The van der Waals surface area contributed by atoms with Crippen molar-refractivity contribution in [1.82, 2.24) is 14.9 Å². The van der Waals surface area contributed by atoms with Crippen LogP contribution in [-0.4, -0.2) is 28.0 Å². The minimum Gasteiger partial charge on any atom is -0.329 e. The van der Waals surface area contributed by atoms with Gasteiger partial charge in [0.05, 0.1) is 10.7 Å². The van der Waals surface area contributed by atoms with Crippen LogP contribution in [-0.2, 0) is 13.0 Å². The third kappa shape index (κ3) is 3.84. The van der Waals surface area contributed by atoms with Gasteiger partial charge in [0, 0.05) is 23.7 Å². The Morgan fingerprint density at radius 3 is 2.68 bits per heavy atom. The molecular weight excluding hydrogens is 294 g/mol. The summed E-state index contributed by atoms with van der Waals surface area (Å²) in [6, 6.07) is 3.58. The smallest absolute Gasteiger partial charge is 0.247 e. The number of hydrogen-bond acceptors (Lipinski definition) is 4. The first-order valence-corrected chi connectivity index (χ1v) is 8.74. The average Bonchev–Trinajstić information content (AvgIpc) is 2.81. The van der Waals surface area contributed by atoms with Crippen molar-refractivity contribution in [3.05, 3.63) is 49.8 Å². The molecule has 4 nitrogen and oxygen atoms in total. The summed E-state index contributed by atoms with van der Waals surface area (Å²) < 4.78 is 0. The van der Waals surface area contributed by atoms with E-state index in [4.69, 9.17) is 0 Å². The maximum atomic E-state index is 11.1. The molecule has 1 fully saturated rings. The number of aromatic nitrogens is 2. The Morgan fingerprint density at radius 1 is 1.32 bits per heavy atom. The minimum atomic E-state index is -0.0196. The molecule has 5 heteroatoms. The molecule has 3 heterocycles. The van der Waals surface area contributed by atoms with Crippen LogP contribution in [0.15, 0.2) is 23.1 Å². The van der Waals surface area contributed by atoms with Crippen molar-refractivity contribution >= 4 is 11.3 Å². The zero-order valence-electron chi connectivity index (χ0n) is 13.3. The third-order valence-corrected chi connectivity index (χ3v) is 5.50. The molecule has 22 heavy (non-hydrogen) atoms. The van der Waals surface area contributed by atoms with Crippen LogP contribution in [0.4, 0.5) is 0 Å². The number of aryl methyl sites for hydroxylation is 2. The van der Waals surface area contributed by atoms with Gasteiger partial charge in [-0.15, -0.1) is 11.3 Å². The zero-order valence-corrected chi connectivity index (χ0v) is 14.1. The lowest BCUT2D eigenvalue weighted by atomic mass is 9.91. The van der Waals surface area contributed by atoms with E-state index in [9.17, 15) is 4.79 Å². The molecule has 118 valence electrons. The minimum absolute atomic E-state index is 0.0196. The second-order valence-corrected chi connectivity index (χ2v) is 7.51. The molecule has 0 aliphatic carbocycles. The number of nitrogens with zero attached hydrogens (tertiary/aromatic N) is 2. The fourth-order valence-corrected chi connectivity index (χ4v) is 4.15. The summed E-state index contributed by atoms with van der Waals surface area (Å²) in [4.78, 5) is 22.3. The van der Waals surface area contributed by atoms with Gasteiger partial charge in [0.25, 0.3) is 0 Å². The Labute approximate surface area is 135 Å². The molecule has 1 aliphatic heterocycles. The van der Waals surface area contributed by atoms with Gasteiger partial charge in [-0.3, -0.25) is 9.69 Å². The number of likely N-dealkylation sites (tertiary alicyclic amines) is 1. The van der Waals surface area contributed by atoms with E-state index in [0.29, 0.717) is 0 Å². The van der Waals surface area contributed by atoms with Crippen molar-refractivity contribution in [3.63, 3.8) is 0 Å². The highest BCUT2D eigenvalue weighted by atomic mass is 32.1. The fraction of sp³-hybridized carbons (Fsp3) is 0.529. The Hall–Kier alpha value is -1.46. The lowest BCUT2D eigenvalue weighted by molar-refractivity contribution is 0.178. The van der Waals surface area contributed by atoms with Crippen LogP contribution in [0.1, 0.15) is 34.0 Å². The highest BCUT2D eigenvalue weighted by molar-refractivity contribution is 7.11. The normalized spacial score (nSPS) is 17.0. The number of aromatic amines is 1. The average molecular weight is 317 g/mol. The van der Waals surface area contributed by atoms with Gasteiger partial charge in [-0.05, 0) is 57.7 Å². The first-order valence-electron chi connectivity index (χ1n) is 7.93. The topological polar surface area (TPSA) is 49.0 Å². The lowest BCUT2D eigenvalue weighted by Gasteiger charge is -2.31.